The molecule has 1 saturated heterocycles. The second-order valence-electron chi connectivity index (χ2n) is 4.75. The Kier molecular flexibility index (Phi) is 4.89. The molecule has 2 unspecified atom stereocenters. The highest BCUT2D eigenvalue weighted by molar-refractivity contribution is 9.10. The van der Waals surface area contributed by atoms with Gasteiger partial charge in [0, 0.05) is 17.1 Å². The van der Waals surface area contributed by atoms with Gasteiger partial charge >= 0.3 is 0 Å². The number of hydrogen-bond acceptors (Lipinski definition) is 3. The molecule has 2 N–H and O–H groups in total. The molecule has 2 rings (SSSR count). The summed E-state index contributed by atoms with van der Waals surface area (Å²) < 4.78 is 28.1. The molecule has 0 saturated carbocycles. The van der Waals surface area contributed by atoms with Gasteiger partial charge in [0.1, 0.15) is 4.90 Å². The fraction of sp³-hybridized carbons (Fsp3) is 0.500. The van der Waals surface area contributed by atoms with Crippen LogP contribution < -0.4 is 10.0 Å². The van der Waals surface area contributed by atoms with Crippen LogP contribution in [-0.4, -0.2) is 27.5 Å². The fourth-order valence-electron chi connectivity index (χ4n) is 2.10. The van der Waals surface area contributed by atoms with E-state index in [9.17, 15) is 8.42 Å². The first kappa shape index (κ1) is 15.3. The zero-order valence-electron chi connectivity index (χ0n) is 10.5. The smallest absolute Gasteiger partial charge is 0.242 e. The van der Waals surface area contributed by atoms with Gasteiger partial charge in [-0.15, -0.1) is 0 Å². The predicted molar refractivity (Wildman–Crippen MR) is 79.9 cm³/mol. The van der Waals surface area contributed by atoms with Crippen molar-refractivity contribution >= 4 is 37.6 Å². The average molecular weight is 368 g/mol. The van der Waals surface area contributed by atoms with Gasteiger partial charge in [0.25, 0.3) is 0 Å². The van der Waals surface area contributed by atoms with E-state index in [0.29, 0.717) is 16.9 Å². The van der Waals surface area contributed by atoms with E-state index in [1.54, 1.807) is 12.1 Å². The van der Waals surface area contributed by atoms with E-state index in [4.69, 9.17) is 11.6 Å². The molecular weight excluding hydrogens is 352 g/mol. The van der Waals surface area contributed by atoms with Gasteiger partial charge in [-0.3, -0.25) is 0 Å². The SMILES string of the molecule is CC1CCNCC1NS(=O)(=O)c1cccc(Br)c1Cl. The van der Waals surface area contributed by atoms with E-state index >= 15 is 0 Å². The second-order valence-corrected chi connectivity index (χ2v) is 7.66. The van der Waals surface area contributed by atoms with E-state index in [0.717, 1.165) is 13.0 Å². The Hall–Kier alpha value is -0.140. The van der Waals surface area contributed by atoms with Gasteiger partial charge in [0.05, 0.1) is 5.02 Å². The number of hydrogen-bond donors (Lipinski definition) is 2. The zero-order valence-corrected chi connectivity index (χ0v) is 13.6. The largest absolute Gasteiger partial charge is 0.315 e. The quantitative estimate of drug-likeness (QED) is 0.862. The van der Waals surface area contributed by atoms with Gasteiger partial charge in [0.2, 0.25) is 10.0 Å². The molecule has 2 atom stereocenters. The number of halogens is 2. The number of benzene rings is 1. The summed E-state index contributed by atoms with van der Waals surface area (Å²) in [4.78, 5) is 0.112. The molecule has 1 aromatic rings. The maximum Gasteiger partial charge on any atom is 0.242 e. The molecule has 106 valence electrons. The first-order valence-electron chi connectivity index (χ1n) is 6.09. The molecule has 0 bridgehead atoms. The Morgan fingerprint density at radius 2 is 2.21 bits per heavy atom. The minimum absolute atomic E-state index is 0.103. The Balaban J connectivity index is 2.25. The molecule has 1 heterocycles. The summed E-state index contributed by atoms with van der Waals surface area (Å²) in [5.74, 6) is 0.307. The lowest BCUT2D eigenvalue weighted by atomic mass is 9.96. The Morgan fingerprint density at radius 1 is 1.47 bits per heavy atom. The lowest BCUT2D eigenvalue weighted by Gasteiger charge is -2.30. The number of rotatable bonds is 3. The molecule has 0 amide bonds. The van der Waals surface area contributed by atoms with Crippen LogP contribution in [0.2, 0.25) is 5.02 Å². The number of sulfonamides is 1. The van der Waals surface area contributed by atoms with Crippen LogP contribution in [0.1, 0.15) is 13.3 Å². The molecule has 1 fully saturated rings. The van der Waals surface area contributed by atoms with Crippen LogP contribution in [-0.2, 0) is 10.0 Å². The maximum atomic E-state index is 12.4. The fourth-order valence-corrected chi connectivity index (χ4v) is 4.47. The van der Waals surface area contributed by atoms with Gasteiger partial charge in [-0.25, -0.2) is 13.1 Å². The van der Waals surface area contributed by atoms with Crippen molar-refractivity contribution in [1.82, 2.24) is 10.0 Å². The summed E-state index contributed by atoms with van der Waals surface area (Å²) in [6, 6.07) is 4.78. The van der Waals surface area contributed by atoms with Crippen LogP contribution in [0.15, 0.2) is 27.6 Å². The first-order valence-corrected chi connectivity index (χ1v) is 8.74. The third kappa shape index (κ3) is 3.49. The minimum atomic E-state index is -3.60. The topological polar surface area (TPSA) is 58.2 Å². The van der Waals surface area contributed by atoms with Gasteiger partial charge < -0.3 is 5.32 Å². The van der Waals surface area contributed by atoms with Crippen LogP contribution in [0.3, 0.4) is 0 Å². The highest BCUT2D eigenvalue weighted by Crippen LogP contribution is 2.29. The summed E-state index contributed by atoms with van der Waals surface area (Å²) in [5.41, 5.74) is 0. The Bertz CT molecular complexity index is 565. The molecule has 4 nitrogen and oxygen atoms in total. The molecule has 0 aliphatic carbocycles. The molecular formula is C12H16BrClN2O2S. The molecule has 19 heavy (non-hydrogen) atoms. The Labute approximate surface area is 127 Å². The van der Waals surface area contributed by atoms with E-state index < -0.39 is 10.0 Å². The monoisotopic (exact) mass is 366 g/mol. The lowest BCUT2D eigenvalue weighted by molar-refractivity contribution is 0.327. The Morgan fingerprint density at radius 3 is 2.89 bits per heavy atom. The minimum Gasteiger partial charge on any atom is -0.315 e. The predicted octanol–water partition coefficient (Wildman–Crippen LogP) is 2.38. The van der Waals surface area contributed by atoms with Crippen LogP contribution in [0.5, 0.6) is 0 Å². The molecule has 0 aromatic heterocycles. The van der Waals surface area contributed by atoms with Gasteiger partial charge in [-0.2, -0.15) is 0 Å². The van der Waals surface area contributed by atoms with E-state index in [1.807, 2.05) is 0 Å². The van der Waals surface area contributed by atoms with Crippen LogP contribution in [0.4, 0.5) is 0 Å². The van der Waals surface area contributed by atoms with Crippen molar-refractivity contribution in [3.05, 3.63) is 27.7 Å². The molecule has 7 heteroatoms. The van der Waals surface area contributed by atoms with Crippen LogP contribution >= 0.6 is 27.5 Å². The molecule has 0 spiro atoms. The summed E-state index contributed by atoms with van der Waals surface area (Å²) >= 11 is 9.29. The highest BCUT2D eigenvalue weighted by atomic mass is 79.9. The summed E-state index contributed by atoms with van der Waals surface area (Å²) in [5, 5.41) is 3.41. The van der Waals surface area contributed by atoms with Gasteiger partial charge in [0.15, 0.2) is 0 Å². The highest BCUT2D eigenvalue weighted by Gasteiger charge is 2.28. The van der Waals surface area contributed by atoms with Crippen molar-refractivity contribution in [2.45, 2.75) is 24.3 Å². The summed E-state index contributed by atoms with van der Waals surface area (Å²) in [6.07, 6.45) is 0.958. The first-order chi connectivity index (χ1) is 8.92. The number of nitrogens with one attached hydrogen (secondary N) is 2. The molecule has 1 aromatic carbocycles. The van der Waals surface area contributed by atoms with E-state index in [-0.39, 0.29) is 16.0 Å². The maximum absolute atomic E-state index is 12.4. The summed E-state index contributed by atoms with van der Waals surface area (Å²) in [6.45, 7) is 3.62. The van der Waals surface area contributed by atoms with Crippen molar-refractivity contribution in [3.63, 3.8) is 0 Å². The average Bonchev–Trinajstić information content (AvgIpc) is 2.35. The van der Waals surface area contributed by atoms with Crippen LogP contribution in [0, 0.1) is 5.92 Å². The van der Waals surface area contributed by atoms with Crippen molar-refractivity contribution in [1.29, 1.82) is 0 Å². The zero-order chi connectivity index (χ0) is 14.0. The van der Waals surface area contributed by atoms with Crippen molar-refractivity contribution in [3.8, 4) is 0 Å². The third-order valence-corrected chi connectivity index (χ3v) is 6.28. The third-order valence-electron chi connectivity index (χ3n) is 3.34. The molecule has 0 radical (unpaired) electrons. The van der Waals surface area contributed by atoms with Crippen molar-refractivity contribution < 1.29 is 8.42 Å². The van der Waals surface area contributed by atoms with Crippen molar-refractivity contribution in [2.75, 3.05) is 13.1 Å². The van der Waals surface area contributed by atoms with E-state index in [2.05, 4.69) is 32.9 Å². The van der Waals surface area contributed by atoms with Gasteiger partial charge in [-0.1, -0.05) is 24.6 Å². The van der Waals surface area contributed by atoms with E-state index in [1.165, 1.54) is 6.07 Å². The normalized spacial score (nSPS) is 24.4. The van der Waals surface area contributed by atoms with Gasteiger partial charge in [-0.05, 0) is 46.9 Å². The van der Waals surface area contributed by atoms with Crippen molar-refractivity contribution in [2.24, 2.45) is 5.92 Å². The lowest BCUT2D eigenvalue weighted by Crippen LogP contribution is -2.50. The summed E-state index contributed by atoms with van der Waals surface area (Å²) in [7, 11) is -3.60. The number of piperidine rings is 1. The van der Waals surface area contributed by atoms with Crippen LogP contribution in [0.25, 0.3) is 0 Å². The molecule has 1 aliphatic heterocycles. The molecule has 1 aliphatic rings. The standard InChI is InChI=1S/C12H16BrClN2O2S/c1-8-5-6-15-7-10(8)16-19(17,18)11-4-2-3-9(13)12(11)14/h2-4,8,10,15-16H,5-7H2,1H3. The second kappa shape index (κ2) is 6.10.